The largest absolute Gasteiger partial charge is 0.419 e. The van der Waals surface area contributed by atoms with Crippen molar-refractivity contribution in [1.29, 1.82) is 0 Å². The Morgan fingerprint density at radius 1 is 1.08 bits per heavy atom. The molecule has 4 nitrogen and oxygen atoms in total. The van der Waals surface area contributed by atoms with E-state index in [2.05, 4.69) is 17.1 Å². The number of nitrogens with zero attached hydrogens (tertiary/aromatic N) is 2. The minimum absolute atomic E-state index is 0.124. The molecule has 25 heavy (non-hydrogen) atoms. The summed E-state index contributed by atoms with van der Waals surface area (Å²) in [6, 6.07) is 2.55. The van der Waals surface area contributed by atoms with Crippen molar-refractivity contribution in [2.75, 3.05) is 31.1 Å². The van der Waals surface area contributed by atoms with Crippen molar-refractivity contribution >= 4 is 11.7 Å². The van der Waals surface area contributed by atoms with E-state index in [4.69, 9.17) is 0 Å². The predicted octanol–water partition coefficient (Wildman–Crippen LogP) is 2.38. The van der Waals surface area contributed by atoms with Gasteiger partial charge in [-0.05, 0) is 30.7 Å². The molecule has 2 fully saturated rings. The molecule has 1 aromatic heterocycles. The quantitative estimate of drug-likeness (QED) is 0.767. The number of nitrogens with one attached hydrogen (secondary N) is 1. The lowest BCUT2D eigenvalue weighted by atomic mass is 9.92. The van der Waals surface area contributed by atoms with Gasteiger partial charge in [-0.25, -0.2) is 4.98 Å². The summed E-state index contributed by atoms with van der Waals surface area (Å²) in [5, 5.41) is 0. The summed E-state index contributed by atoms with van der Waals surface area (Å²) >= 11 is 0. The van der Waals surface area contributed by atoms with Crippen molar-refractivity contribution in [3.63, 3.8) is 0 Å². The average molecular weight is 352 g/mol. The third kappa shape index (κ3) is 3.12. The van der Waals surface area contributed by atoms with E-state index in [1.807, 2.05) is 9.80 Å². The SMILES string of the molecule is O=C([C@H]1C[C@@H]2C=C[C@H]1C2)N1CCN(c2ccc(C(F)(F)F)c[nH+]2)CC1. The molecule has 0 radical (unpaired) electrons. The highest BCUT2D eigenvalue weighted by molar-refractivity contribution is 5.80. The van der Waals surface area contributed by atoms with Crippen LogP contribution in [0.15, 0.2) is 30.5 Å². The first-order chi connectivity index (χ1) is 11.9. The normalized spacial score (nSPS) is 28.7. The summed E-state index contributed by atoms with van der Waals surface area (Å²) in [6.07, 6.45) is 3.14. The van der Waals surface area contributed by atoms with Gasteiger partial charge in [0.15, 0.2) is 0 Å². The van der Waals surface area contributed by atoms with Crippen LogP contribution in [0.25, 0.3) is 0 Å². The molecule has 4 rings (SSSR count). The molecule has 1 aromatic rings. The lowest BCUT2D eigenvalue weighted by molar-refractivity contribution is -0.367. The maximum atomic E-state index is 12.7. The zero-order valence-electron chi connectivity index (χ0n) is 13.8. The highest BCUT2D eigenvalue weighted by Crippen LogP contribution is 2.44. The number of allylic oxidation sites excluding steroid dienone is 2. The third-order valence-electron chi connectivity index (χ3n) is 5.65. The molecule has 1 amide bonds. The number of aromatic nitrogens is 1. The number of piperazine rings is 1. The number of hydrogen-bond acceptors (Lipinski definition) is 2. The molecule has 3 atom stereocenters. The minimum Gasteiger partial charge on any atom is -0.335 e. The molecular weight excluding hydrogens is 331 g/mol. The van der Waals surface area contributed by atoms with Gasteiger partial charge in [0.05, 0.1) is 18.7 Å². The molecule has 3 aliphatic rings. The first-order valence-electron chi connectivity index (χ1n) is 8.73. The van der Waals surface area contributed by atoms with Crippen LogP contribution in [-0.2, 0) is 11.0 Å². The summed E-state index contributed by atoms with van der Waals surface area (Å²) in [6.45, 7) is 2.49. The zero-order valence-corrected chi connectivity index (χ0v) is 13.8. The predicted molar refractivity (Wildman–Crippen MR) is 85.6 cm³/mol. The molecule has 2 aliphatic carbocycles. The summed E-state index contributed by atoms with van der Waals surface area (Å²) in [4.78, 5) is 19.4. The minimum atomic E-state index is -4.34. The second-order valence-electron chi connectivity index (χ2n) is 7.16. The molecule has 1 aliphatic heterocycles. The van der Waals surface area contributed by atoms with Crippen LogP contribution in [0.5, 0.6) is 0 Å². The number of amides is 1. The average Bonchev–Trinajstić information content (AvgIpc) is 3.24. The number of aromatic amines is 1. The molecule has 1 saturated heterocycles. The summed E-state index contributed by atoms with van der Waals surface area (Å²) in [5.41, 5.74) is -0.686. The number of rotatable bonds is 2. The number of anilines is 1. The molecule has 0 unspecified atom stereocenters. The van der Waals surface area contributed by atoms with Gasteiger partial charge < -0.3 is 4.90 Å². The van der Waals surface area contributed by atoms with E-state index in [9.17, 15) is 18.0 Å². The number of fused-ring (bicyclic) bond motifs is 2. The highest BCUT2D eigenvalue weighted by Gasteiger charge is 2.42. The van der Waals surface area contributed by atoms with Crippen LogP contribution in [0.1, 0.15) is 18.4 Å². The van der Waals surface area contributed by atoms with E-state index in [0.29, 0.717) is 43.8 Å². The van der Waals surface area contributed by atoms with Gasteiger partial charge in [-0.15, -0.1) is 0 Å². The lowest BCUT2D eigenvalue weighted by Crippen LogP contribution is -2.51. The molecule has 1 N–H and O–H groups in total. The number of pyridine rings is 1. The number of H-pyrrole nitrogens is 1. The number of hydrogen-bond donors (Lipinski definition) is 0. The molecule has 2 bridgehead atoms. The summed E-state index contributed by atoms with van der Waals surface area (Å²) < 4.78 is 37.9. The monoisotopic (exact) mass is 352 g/mol. The van der Waals surface area contributed by atoms with Crippen molar-refractivity contribution in [2.24, 2.45) is 17.8 Å². The molecule has 1 saturated carbocycles. The fourth-order valence-corrected chi connectivity index (χ4v) is 4.26. The van der Waals surface area contributed by atoms with Gasteiger partial charge in [-0.1, -0.05) is 12.2 Å². The first-order valence-corrected chi connectivity index (χ1v) is 8.73. The first kappa shape index (κ1) is 16.4. The zero-order chi connectivity index (χ0) is 17.6. The molecule has 2 heterocycles. The van der Waals surface area contributed by atoms with Crippen LogP contribution in [0, 0.1) is 17.8 Å². The summed E-state index contributed by atoms with van der Waals surface area (Å²) in [5.74, 6) is 2.00. The van der Waals surface area contributed by atoms with Crippen LogP contribution < -0.4 is 9.88 Å². The van der Waals surface area contributed by atoms with Crippen molar-refractivity contribution in [1.82, 2.24) is 4.90 Å². The molecule has 0 spiro atoms. The van der Waals surface area contributed by atoms with Gasteiger partial charge in [-0.2, -0.15) is 13.2 Å². The molecular formula is C18H21F3N3O+. The molecule has 0 aromatic carbocycles. The van der Waals surface area contributed by atoms with E-state index in [-0.39, 0.29) is 11.8 Å². The third-order valence-corrected chi connectivity index (χ3v) is 5.65. The second-order valence-corrected chi connectivity index (χ2v) is 7.16. The van der Waals surface area contributed by atoms with E-state index < -0.39 is 11.7 Å². The van der Waals surface area contributed by atoms with Crippen LogP contribution in [0.4, 0.5) is 19.0 Å². The topological polar surface area (TPSA) is 37.7 Å². The van der Waals surface area contributed by atoms with Gasteiger partial charge in [0.25, 0.3) is 5.82 Å². The molecule has 134 valence electrons. The van der Waals surface area contributed by atoms with Crippen molar-refractivity contribution in [2.45, 2.75) is 19.0 Å². The van der Waals surface area contributed by atoms with Gasteiger partial charge >= 0.3 is 6.18 Å². The van der Waals surface area contributed by atoms with E-state index in [0.717, 1.165) is 25.1 Å². The molecule has 7 heteroatoms. The van der Waals surface area contributed by atoms with Crippen molar-refractivity contribution in [3.05, 3.63) is 36.0 Å². The van der Waals surface area contributed by atoms with E-state index >= 15 is 0 Å². The maximum Gasteiger partial charge on any atom is 0.419 e. The maximum absolute atomic E-state index is 12.7. The van der Waals surface area contributed by atoms with E-state index in [1.54, 1.807) is 0 Å². The Balaban J connectivity index is 1.35. The summed E-state index contributed by atoms with van der Waals surface area (Å²) in [7, 11) is 0. The Labute approximate surface area is 144 Å². The number of halogens is 3. The fourth-order valence-electron chi connectivity index (χ4n) is 4.26. The standard InChI is InChI=1S/C18H20F3N3O/c19-18(20,21)14-3-4-16(22-11-14)23-5-7-24(8-6-23)17(25)15-10-12-1-2-13(15)9-12/h1-4,11-13,15H,5-10H2/p+1/t12-,13+,15+/m1/s1. The Bertz CT molecular complexity index is 678. The Morgan fingerprint density at radius 2 is 1.84 bits per heavy atom. The smallest absolute Gasteiger partial charge is 0.335 e. The van der Waals surface area contributed by atoms with E-state index in [1.165, 1.54) is 6.07 Å². The number of alkyl halides is 3. The Kier molecular flexibility index (Phi) is 3.96. The number of carbonyl (C=O) groups excluding carboxylic acids is 1. The Hall–Kier alpha value is -2.05. The Morgan fingerprint density at radius 3 is 2.36 bits per heavy atom. The van der Waals surface area contributed by atoms with Crippen molar-refractivity contribution in [3.8, 4) is 0 Å². The lowest BCUT2D eigenvalue weighted by Gasteiger charge is -2.33. The van der Waals surface area contributed by atoms with Crippen LogP contribution in [0.2, 0.25) is 0 Å². The highest BCUT2D eigenvalue weighted by atomic mass is 19.4. The van der Waals surface area contributed by atoms with Gasteiger partial charge in [0.1, 0.15) is 19.3 Å². The van der Waals surface area contributed by atoms with Crippen molar-refractivity contribution < 1.29 is 22.9 Å². The van der Waals surface area contributed by atoms with Gasteiger partial charge in [-0.3, -0.25) is 9.69 Å². The van der Waals surface area contributed by atoms with Crippen LogP contribution in [0.3, 0.4) is 0 Å². The van der Waals surface area contributed by atoms with Gasteiger partial charge in [0.2, 0.25) is 5.91 Å². The number of carbonyl (C=O) groups is 1. The fraction of sp³-hybridized carbons (Fsp3) is 0.556. The van der Waals surface area contributed by atoms with Gasteiger partial charge in [0, 0.05) is 12.0 Å². The van der Waals surface area contributed by atoms with Crippen LogP contribution >= 0.6 is 0 Å². The second kappa shape index (κ2) is 6.04. The van der Waals surface area contributed by atoms with Crippen LogP contribution in [-0.4, -0.2) is 37.0 Å².